The van der Waals surface area contributed by atoms with Crippen molar-refractivity contribution in [2.45, 2.75) is 162 Å². The van der Waals surface area contributed by atoms with Crippen LogP contribution in [0.4, 0.5) is 5.69 Å². The maximum Gasteiger partial charge on any atom is 0.329 e. The van der Waals surface area contributed by atoms with Gasteiger partial charge in [0, 0.05) is 46.8 Å². The number of amides is 10. The van der Waals surface area contributed by atoms with E-state index in [-0.39, 0.29) is 53.9 Å². The topological polar surface area (TPSA) is 360 Å². The summed E-state index contributed by atoms with van der Waals surface area (Å²) in [5.74, 6) is -11.8. The van der Waals surface area contributed by atoms with E-state index in [4.69, 9.17) is 24.6 Å². The van der Waals surface area contributed by atoms with Crippen molar-refractivity contribution in [3.05, 3.63) is 44.6 Å². The van der Waals surface area contributed by atoms with Crippen LogP contribution in [0.1, 0.15) is 120 Å². The molecule has 0 spiro atoms. The molecule has 28 heteroatoms. The van der Waals surface area contributed by atoms with Crippen molar-refractivity contribution in [1.29, 1.82) is 0 Å². The number of hydrogen-bond donors (Lipinski definition) is 5. The molecule has 4 fully saturated rings. The van der Waals surface area contributed by atoms with Crippen LogP contribution in [-0.4, -0.2) is 220 Å². The Bertz CT molecular complexity index is 3360. The maximum absolute atomic E-state index is 15.1. The molecule has 28 nitrogen and oxygen atoms in total. The van der Waals surface area contributed by atoms with Crippen LogP contribution in [-0.2, 0) is 57.4 Å². The highest BCUT2D eigenvalue weighted by Gasteiger charge is 2.46. The monoisotopic (exact) mass is 1230 g/mol. The van der Waals surface area contributed by atoms with Crippen LogP contribution in [0.25, 0.3) is 22.6 Å². The standard InChI is InChI=1S/C60H82N12O16/c1-26(2)41-58(83)72-23-17-19-36(72)57(82)68(13)25-38(74)70(15)47(28(5)6)60(85)87-33(11)43(54(79)64-41)66-52(77)39-40(61)48(75)30(8)50-45(39)63-44-34(21-20-29(7)49(44)88-50)51(76)65-42-32(10)86-59(84)46(27(3)4)69(14)37(73)24-67(12)56(81)35-18-16-22-71(35)55(80)31(9)62-53(42)78/h20-21,26-28,31-33,35-36,41-43,46-47H,16-19,22-25,61H2,1-15H3,(H,62,78)(H,64,79)(H,65,76)(H,66,77). The summed E-state index contributed by atoms with van der Waals surface area (Å²) in [4.78, 5) is 198. The number of hydrogen-bond acceptors (Lipinski definition) is 18. The minimum Gasteiger partial charge on any atom is -0.458 e. The van der Waals surface area contributed by atoms with Crippen molar-refractivity contribution >= 4 is 87.8 Å². The average molecular weight is 1230 g/mol. The van der Waals surface area contributed by atoms with Gasteiger partial charge in [-0.15, -0.1) is 0 Å². The van der Waals surface area contributed by atoms with Gasteiger partial charge in [0.2, 0.25) is 52.7 Å². The smallest absolute Gasteiger partial charge is 0.329 e. The first-order valence-corrected chi connectivity index (χ1v) is 29.6. The van der Waals surface area contributed by atoms with Crippen molar-refractivity contribution in [2.75, 3.05) is 60.1 Å². The number of carbonyl (C=O) groups is 12. The van der Waals surface area contributed by atoms with Gasteiger partial charge in [0.15, 0.2) is 11.3 Å². The summed E-state index contributed by atoms with van der Waals surface area (Å²) in [5, 5.41) is 10.5. The molecular weight excluding hydrogens is 1140 g/mol. The molecule has 0 saturated carbocycles. The third-order valence-electron chi connectivity index (χ3n) is 17.0. The molecule has 1 aliphatic carbocycles. The van der Waals surface area contributed by atoms with E-state index in [2.05, 4.69) is 21.3 Å². The molecule has 10 atom stereocenters. The van der Waals surface area contributed by atoms with Crippen LogP contribution in [0.3, 0.4) is 0 Å². The summed E-state index contributed by atoms with van der Waals surface area (Å²) >= 11 is 0. The number of aromatic nitrogens is 1. The van der Waals surface area contributed by atoms with E-state index in [1.54, 1.807) is 48.5 Å². The summed E-state index contributed by atoms with van der Waals surface area (Å²) in [6, 6.07) is -7.90. The summed E-state index contributed by atoms with van der Waals surface area (Å²) in [6.45, 7) is 16.4. The minimum absolute atomic E-state index is 0.0775. The predicted octanol–water partition coefficient (Wildman–Crippen LogP) is 0.0895. The molecule has 10 unspecified atom stereocenters. The van der Waals surface area contributed by atoms with E-state index in [1.165, 1.54) is 87.6 Å². The molecular formula is C60H82N12O16. The van der Waals surface area contributed by atoms with Crippen LogP contribution < -0.4 is 32.4 Å². The van der Waals surface area contributed by atoms with Gasteiger partial charge in [-0.1, -0.05) is 47.6 Å². The molecule has 88 heavy (non-hydrogen) atoms. The van der Waals surface area contributed by atoms with Crippen molar-refractivity contribution in [3.8, 4) is 11.5 Å². The van der Waals surface area contributed by atoms with Gasteiger partial charge in [-0.25, -0.2) is 14.6 Å². The number of anilines is 1. The fourth-order valence-corrected chi connectivity index (χ4v) is 12.0. The number of fused-ring (bicyclic) bond motifs is 4. The predicted molar refractivity (Wildman–Crippen MR) is 316 cm³/mol. The second-order valence-electron chi connectivity index (χ2n) is 24.5. The Morgan fingerprint density at radius 3 is 1.58 bits per heavy atom. The van der Waals surface area contributed by atoms with Gasteiger partial charge in [-0.05, 0) is 89.7 Å². The fraction of sp³-hybridized carbons (Fsp3) is 0.600. The largest absolute Gasteiger partial charge is 0.458 e. The highest BCUT2D eigenvalue weighted by molar-refractivity contribution is 6.10. The number of carbonyl (C=O) groups excluding carboxylic acids is 12. The zero-order chi connectivity index (χ0) is 65.4. The van der Waals surface area contributed by atoms with E-state index in [9.17, 15) is 57.5 Å². The second-order valence-corrected chi connectivity index (χ2v) is 24.5. The number of aryl methyl sites for hydroxylation is 1. The third-order valence-corrected chi connectivity index (χ3v) is 17.0. The maximum atomic E-state index is 15.1. The zero-order valence-electron chi connectivity index (χ0n) is 52.6. The summed E-state index contributed by atoms with van der Waals surface area (Å²) in [5.41, 5.74) is 3.54. The van der Waals surface area contributed by atoms with E-state index in [1.807, 2.05) is 0 Å². The van der Waals surface area contributed by atoms with Gasteiger partial charge in [0.05, 0.1) is 29.9 Å². The first-order valence-electron chi connectivity index (χ1n) is 29.6. The number of ether oxygens (including phenoxy) is 2. The minimum atomic E-state index is -1.88. The molecule has 1 aromatic rings. The first-order chi connectivity index (χ1) is 41.2. The van der Waals surface area contributed by atoms with Gasteiger partial charge in [-0.3, -0.25) is 52.7 Å². The van der Waals surface area contributed by atoms with E-state index in [0.29, 0.717) is 18.4 Å². The van der Waals surface area contributed by atoms with Crippen molar-refractivity contribution < 1.29 is 71.4 Å². The van der Waals surface area contributed by atoms with E-state index < -0.39 is 185 Å². The molecule has 0 bridgehead atoms. The third kappa shape index (κ3) is 13.2. The zero-order valence-corrected chi connectivity index (χ0v) is 52.6. The molecule has 0 radical (unpaired) electrons. The van der Waals surface area contributed by atoms with Crippen molar-refractivity contribution in [3.63, 3.8) is 0 Å². The lowest BCUT2D eigenvalue weighted by Crippen LogP contribution is -2.61. The quantitative estimate of drug-likeness (QED) is 0.119. The molecule has 7 rings (SSSR count). The number of cyclic esters (lactones) is 2. The summed E-state index contributed by atoms with van der Waals surface area (Å²) in [7, 11) is 5.57. The van der Waals surface area contributed by atoms with Crippen molar-refractivity contribution in [2.24, 2.45) is 17.8 Å². The van der Waals surface area contributed by atoms with Gasteiger partial charge in [0.25, 0.3) is 11.8 Å². The Kier molecular flexibility index (Phi) is 20.3. The lowest BCUT2D eigenvalue weighted by atomic mass is 9.98. The molecule has 5 heterocycles. The summed E-state index contributed by atoms with van der Waals surface area (Å²) in [6.07, 6.45) is -1.64. The Morgan fingerprint density at radius 2 is 1.10 bits per heavy atom. The molecule has 5 aliphatic heterocycles. The van der Waals surface area contributed by atoms with Crippen LogP contribution in [0, 0.1) is 31.6 Å². The van der Waals surface area contributed by atoms with Crippen molar-refractivity contribution in [1.82, 2.24) is 55.7 Å². The normalized spacial score (nSPS) is 26.5. The van der Waals surface area contributed by atoms with Gasteiger partial charge >= 0.3 is 11.9 Å². The van der Waals surface area contributed by atoms with Gasteiger partial charge < -0.3 is 70.3 Å². The van der Waals surface area contributed by atoms with Crippen LogP contribution in [0.5, 0.6) is 0 Å². The number of nitrogens with two attached hydrogens (primary N) is 1. The summed E-state index contributed by atoms with van der Waals surface area (Å²) < 4.78 is 18.2. The number of esters is 2. The number of nitrogens with one attached hydrogen (secondary N) is 4. The lowest BCUT2D eigenvalue weighted by molar-refractivity contribution is -0.163. The number of nitrogens with zero attached hydrogens (tertiary/aromatic N) is 7. The second kappa shape index (κ2) is 26.7. The Balaban J connectivity index is 1.30. The highest BCUT2D eigenvalue weighted by atomic mass is 16.6. The Morgan fingerprint density at radius 1 is 0.636 bits per heavy atom. The Labute approximate surface area is 509 Å². The SMILES string of the molecule is Cc1c2oc3c(C)ccc(C(=O)NC4C(=O)NC(C)C(=O)N5CCCC5C(=O)N(C)CC(=O)N(C)C(C(C)C)C(=O)OC4C)c3nc-2c(C(=O)NC2C(=O)NC(C(C)C)C(=O)N3CCCC3C(=O)N(C)CC(=O)N(C)C(C(C)C)C(=O)OC2C)c(N)c1=O. The van der Waals surface area contributed by atoms with Crippen LogP contribution in [0.15, 0.2) is 21.3 Å². The molecule has 0 aromatic heterocycles. The Hall–Kier alpha value is -8.72. The van der Waals surface area contributed by atoms with E-state index in [0.717, 1.165) is 9.80 Å². The molecule has 1 aromatic carbocycles. The average Bonchev–Trinajstić information content (AvgIpc) is 1.54. The van der Waals surface area contributed by atoms with Crippen LogP contribution >= 0.6 is 0 Å². The molecule has 478 valence electrons. The molecule has 4 saturated heterocycles. The van der Waals surface area contributed by atoms with E-state index >= 15 is 4.79 Å². The van der Waals surface area contributed by atoms with Gasteiger partial charge in [-0.2, -0.15) is 0 Å². The molecule has 6 aliphatic rings. The number of rotatable bonds is 7. The number of nitrogen functional groups attached to an aromatic ring is 1. The fourth-order valence-electron chi connectivity index (χ4n) is 12.0. The number of benzene rings is 2. The highest BCUT2D eigenvalue weighted by Crippen LogP contribution is 2.35. The van der Waals surface area contributed by atoms with Gasteiger partial charge in [0.1, 0.15) is 71.8 Å². The molecule has 6 N–H and O–H groups in total. The first kappa shape index (κ1) is 66.8. The lowest BCUT2D eigenvalue weighted by Gasteiger charge is -2.36. The number of likely N-dealkylation sites (N-methyl/N-ethyl adjacent to an activating group) is 4. The molecule has 10 amide bonds. The van der Waals surface area contributed by atoms with Crippen LogP contribution in [0.2, 0.25) is 0 Å².